The lowest BCUT2D eigenvalue weighted by Gasteiger charge is -2.37. The third-order valence-corrected chi connectivity index (χ3v) is 4.31. The summed E-state index contributed by atoms with van der Waals surface area (Å²) in [5.41, 5.74) is 1.95. The fourth-order valence-corrected chi connectivity index (χ4v) is 3.11. The minimum atomic E-state index is -4.52. The molecule has 1 aliphatic heterocycles. The predicted octanol–water partition coefficient (Wildman–Crippen LogP) is 4.00. The van der Waals surface area contributed by atoms with E-state index in [-0.39, 0.29) is 5.56 Å². The minimum Gasteiger partial charge on any atom is -0.361 e. The molecule has 0 aliphatic carbocycles. The summed E-state index contributed by atoms with van der Waals surface area (Å²) in [6, 6.07) is 15.7. The Hall–Kier alpha value is -3.29. The number of para-hydroxylation sites is 2. The molecule has 0 spiro atoms. The smallest absolute Gasteiger partial charge is 0.361 e. The Morgan fingerprint density at radius 2 is 1.74 bits per heavy atom. The summed E-state index contributed by atoms with van der Waals surface area (Å²) in [5, 5.41) is 7.26. The van der Waals surface area contributed by atoms with Gasteiger partial charge in [-0.3, -0.25) is 4.79 Å². The summed E-state index contributed by atoms with van der Waals surface area (Å²) in [6.07, 6.45) is -2.39. The number of anilines is 1. The monoisotopic (exact) mass is 372 g/mol. The topological polar surface area (TPSA) is 50.2 Å². The summed E-state index contributed by atoms with van der Waals surface area (Å²) < 4.78 is 40.9. The Bertz CT molecular complexity index is 968. The van der Waals surface area contributed by atoms with Crippen LogP contribution >= 0.6 is 0 Å². The van der Waals surface area contributed by atoms with Gasteiger partial charge in [-0.15, -0.1) is 0 Å². The number of carbonyl (C=O) groups excluding carboxylic acids is 1. The third-order valence-electron chi connectivity index (χ3n) is 4.31. The Morgan fingerprint density at radius 3 is 2.48 bits per heavy atom. The summed E-state index contributed by atoms with van der Waals surface area (Å²) in [7, 11) is 0. The first-order valence-electron chi connectivity index (χ1n) is 8.26. The Kier molecular flexibility index (Phi) is 4.10. The van der Waals surface area contributed by atoms with Crippen LogP contribution in [0.3, 0.4) is 0 Å². The van der Waals surface area contributed by atoms with Gasteiger partial charge in [0.2, 0.25) is 0 Å². The molecule has 5 nitrogen and oxygen atoms in total. The third kappa shape index (κ3) is 3.38. The first kappa shape index (κ1) is 17.1. The van der Waals surface area contributed by atoms with Gasteiger partial charge in [-0.1, -0.05) is 30.3 Å². The molecule has 0 saturated heterocycles. The average molecular weight is 372 g/mol. The largest absolute Gasteiger partial charge is 0.406 e. The SMILES string of the molecule is O=C1c2ccccc2NC(c2cnn(-c3ccccc3)c2)N1CC(F)(F)F. The van der Waals surface area contributed by atoms with Crippen molar-refractivity contribution in [3.05, 3.63) is 78.1 Å². The highest BCUT2D eigenvalue weighted by atomic mass is 19.4. The molecule has 138 valence electrons. The van der Waals surface area contributed by atoms with Gasteiger partial charge >= 0.3 is 6.18 Å². The van der Waals surface area contributed by atoms with Crippen molar-refractivity contribution in [2.45, 2.75) is 12.3 Å². The molecule has 4 rings (SSSR count). The second-order valence-electron chi connectivity index (χ2n) is 6.19. The molecule has 1 atom stereocenters. The standard InChI is InChI=1S/C19H15F3N4O/c20-19(21,22)12-25-17(24-16-9-5-4-8-15(16)18(25)27)13-10-23-26(11-13)14-6-2-1-3-7-14/h1-11,17,24H,12H2. The molecule has 1 aromatic heterocycles. The van der Waals surface area contributed by atoms with E-state index in [9.17, 15) is 18.0 Å². The van der Waals surface area contributed by atoms with Gasteiger partial charge < -0.3 is 10.2 Å². The number of nitrogens with zero attached hydrogens (tertiary/aromatic N) is 3. The van der Waals surface area contributed by atoms with Crippen molar-refractivity contribution in [1.29, 1.82) is 0 Å². The number of nitrogens with one attached hydrogen (secondary N) is 1. The van der Waals surface area contributed by atoms with Crippen LogP contribution in [-0.2, 0) is 0 Å². The van der Waals surface area contributed by atoms with Gasteiger partial charge in [0.1, 0.15) is 12.7 Å². The van der Waals surface area contributed by atoms with Crippen LogP contribution in [0, 0.1) is 0 Å². The molecule has 1 unspecified atom stereocenters. The van der Waals surface area contributed by atoms with E-state index in [0.29, 0.717) is 11.3 Å². The molecular weight excluding hydrogens is 357 g/mol. The van der Waals surface area contributed by atoms with Crippen molar-refractivity contribution in [3.63, 3.8) is 0 Å². The number of benzene rings is 2. The molecule has 2 heterocycles. The van der Waals surface area contributed by atoms with E-state index >= 15 is 0 Å². The molecule has 0 radical (unpaired) electrons. The van der Waals surface area contributed by atoms with Crippen molar-refractivity contribution < 1.29 is 18.0 Å². The van der Waals surface area contributed by atoms with Gasteiger partial charge in [-0.2, -0.15) is 18.3 Å². The van der Waals surface area contributed by atoms with Crippen LogP contribution < -0.4 is 5.32 Å². The number of hydrogen-bond donors (Lipinski definition) is 1. The molecule has 0 saturated carbocycles. The maximum atomic E-state index is 13.1. The van der Waals surface area contributed by atoms with Gasteiger partial charge in [0.25, 0.3) is 5.91 Å². The number of hydrogen-bond acceptors (Lipinski definition) is 3. The molecule has 1 N–H and O–H groups in total. The fraction of sp³-hybridized carbons (Fsp3) is 0.158. The minimum absolute atomic E-state index is 0.216. The van der Waals surface area contributed by atoms with Crippen molar-refractivity contribution in [2.75, 3.05) is 11.9 Å². The van der Waals surface area contributed by atoms with Crippen LogP contribution in [-0.4, -0.2) is 33.3 Å². The van der Waals surface area contributed by atoms with Crippen molar-refractivity contribution in [3.8, 4) is 5.69 Å². The Morgan fingerprint density at radius 1 is 1.04 bits per heavy atom. The molecule has 0 bridgehead atoms. The molecule has 1 aliphatic rings. The lowest BCUT2D eigenvalue weighted by atomic mass is 10.1. The molecule has 0 fully saturated rings. The first-order chi connectivity index (χ1) is 12.9. The van der Waals surface area contributed by atoms with E-state index in [0.717, 1.165) is 10.6 Å². The molecule has 8 heteroatoms. The molecule has 27 heavy (non-hydrogen) atoms. The van der Waals surface area contributed by atoms with Gasteiger partial charge in [-0.05, 0) is 24.3 Å². The number of halogens is 3. The highest BCUT2D eigenvalue weighted by molar-refractivity contribution is 6.01. The number of carbonyl (C=O) groups is 1. The summed E-state index contributed by atoms with van der Waals surface area (Å²) in [6.45, 7) is -1.35. The molecule has 1 amide bonds. The lowest BCUT2D eigenvalue weighted by Crippen LogP contribution is -2.47. The van der Waals surface area contributed by atoms with E-state index in [1.807, 2.05) is 30.3 Å². The van der Waals surface area contributed by atoms with Crippen LogP contribution in [0.15, 0.2) is 67.0 Å². The van der Waals surface area contributed by atoms with Crippen molar-refractivity contribution >= 4 is 11.6 Å². The van der Waals surface area contributed by atoms with Crippen LogP contribution in [0.2, 0.25) is 0 Å². The number of alkyl halides is 3. The van der Waals surface area contributed by atoms with E-state index in [1.165, 1.54) is 12.3 Å². The van der Waals surface area contributed by atoms with Crippen molar-refractivity contribution in [2.24, 2.45) is 0 Å². The zero-order valence-electron chi connectivity index (χ0n) is 14.0. The molecule has 2 aromatic carbocycles. The van der Waals surface area contributed by atoms with E-state index in [1.54, 1.807) is 29.1 Å². The van der Waals surface area contributed by atoms with Gasteiger partial charge in [0.05, 0.1) is 17.4 Å². The first-order valence-corrected chi connectivity index (χ1v) is 8.26. The van der Waals surface area contributed by atoms with Crippen LogP contribution in [0.4, 0.5) is 18.9 Å². The van der Waals surface area contributed by atoms with Crippen LogP contribution in [0.25, 0.3) is 5.69 Å². The highest BCUT2D eigenvalue weighted by Crippen LogP contribution is 2.35. The van der Waals surface area contributed by atoms with Crippen molar-refractivity contribution in [1.82, 2.24) is 14.7 Å². The second kappa shape index (κ2) is 6.46. The molecule has 3 aromatic rings. The van der Waals surface area contributed by atoms with Gasteiger partial charge in [0.15, 0.2) is 0 Å². The van der Waals surface area contributed by atoms with E-state index in [4.69, 9.17) is 0 Å². The molecular formula is C19H15F3N4O. The Labute approximate surface area is 153 Å². The average Bonchev–Trinajstić information content (AvgIpc) is 3.14. The summed E-state index contributed by atoms with van der Waals surface area (Å²) in [4.78, 5) is 13.5. The number of aromatic nitrogens is 2. The van der Waals surface area contributed by atoms with Crippen LogP contribution in [0.1, 0.15) is 22.1 Å². The van der Waals surface area contributed by atoms with E-state index in [2.05, 4.69) is 10.4 Å². The fourth-order valence-electron chi connectivity index (χ4n) is 3.11. The normalized spacial score (nSPS) is 16.8. The van der Waals surface area contributed by atoms with E-state index < -0.39 is 24.8 Å². The maximum Gasteiger partial charge on any atom is 0.406 e. The quantitative estimate of drug-likeness (QED) is 0.756. The van der Waals surface area contributed by atoms with Gasteiger partial charge in [-0.25, -0.2) is 4.68 Å². The Balaban J connectivity index is 1.73. The lowest BCUT2D eigenvalue weighted by molar-refractivity contribution is -0.144. The highest BCUT2D eigenvalue weighted by Gasteiger charge is 2.41. The van der Waals surface area contributed by atoms with Crippen LogP contribution in [0.5, 0.6) is 0 Å². The summed E-state index contributed by atoms with van der Waals surface area (Å²) >= 11 is 0. The predicted molar refractivity (Wildman–Crippen MR) is 93.5 cm³/mol. The van der Waals surface area contributed by atoms with Gasteiger partial charge in [0, 0.05) is 17.4 Å². The zero-order valence-corrected chi connectivity index (χ0v) is 14.0. The number of fused-ring (bicyclic) bond motifs is 1. The second-order valence-corrected chi connectivity index (χ2v) is 6.19. The maximum absolute atomic E-state index is 13.1. The number of rotatable bonds is 3. The summed E-state index contributed by atoms with van der Waals surface area (Å²) in [5.74, 6) is -0.667. The number of amides is 1. The zero-order chi connectivity index (χ0) is 19.0.